The molecule has 1 heterocycles. The fraction of sp³-hybridized carbons (Fsp3) is 0.400. The highest BCUT2D eigenvalue weighted by molar-refractivity contribution is 5.66. The van der Waals surface area contributed by atoms with Gasteiger partial charge in [0, 0.05) is 17.7 Å². The van der Waals surface area contributed by atoms with Crippen molar-refractivity contribution < 1.29 is 4.52 Å². The molecule has 0 spiro atoms. The van der Waals surface area contributed by atoms with Crippen molar-refractivity contribution >= 4 is 0 Å². The molecule has 0 bridgehead atoms. The van der Waals surface area contributed by atoms with Crippen LogP contribution in [0.5, 0.6) is 0 Å². The Morgan fingerprint density at radius 3 is 2.61 bits per heavy atom. The van der Waals surface area contributed by atoms with Crippen LogP contribution < -0.4 is 5.73 Å². The van der Waals surface area contributed by atoms with Gasteiger partial charge in [-0.15, -0.1) is 0 Å². The number of benzene rings is 1. The van der Waals surface area contributed by atoms with Crippen LogP contribution in [0.3, 0.4) is 0 Å². The molecule has 3 heteroatoms. The minimum absolute atomic E-state index is 0.454. The van der Waals surface area contributed by atoms with Crippen molar-refractivity contribution in [3.63, 3.8) is 0 Å². The topological polar surface area (TPSA) is 52.0 Å². The summed E-state index contributed by atoms with van der Waals surface area (Å²) in [5.41, 5.74) is 11.2. The van der Waals surface area contributed by atoms with E-state index in [-0.39, 0.29) is 0 Å². The first-order valence-electron chi connectivity index (χ1n) is 6.30. The average molecular weight is 244 g/mol. The van der Waals surface area contributed by atoms with Gasteiger partial charge >= 0.3 is 0 Å². The van der Waals surface area contributed by atoms with E-state index in [9.17, 15) is 0 Å². The number of nitrogens with two attached hydrogens (primary N) is 1. The van der Waals surface area contributed by atoms with Crippen LogP contribution >= 0.6 is 0 Å². The Bertz CT molecular complexity index is 556. The molecule has 2 N–H and O–H groups in total. The summed E-state index contributed by atoms with van der Waals surface area (Å²) < 4.78 is 5.46. The molecule has 0 atom stereocenters. The molecule has 0 aliphatic heterocycles. The van der Waals surface area contributed by atoms with Crippen LogP contribution in [-0.2, 0) is 6.54 Å². The molecule has 0 saturated heterocycles. The summed E-state index contributed by atoms with van der Waals surface area (Å²) in [6.45, 7) is 8.83. The lowest BCUT2D eigenvalue weighted by Gasteiger charge is -2.10. The van der Waals surface area contributed by atoms with Crippen LogP contribution in [0.4, 0.5) is 0 Å². The molecular weight excluding hydrogens is 224 g/mol. The van der Waals surface area contributed by atoms with Gasteiger partial charge in [-0.25, -0.2) is 0 Å². The van der Waals surface area contributed by atoms with Crippen molar-refractivity contribution in [1.82, 2.24) is 5.16 Å². The highest BCUT2D eigenvalue weighted by Gasteiger charge is 2.16. The van der Waals surface area contributed by atoms with Crippen molar-refractivity contribution in [2.75, 3.05) is 0 Å². The maximum atomic E-state index is 5.78. The van der Waals surface area contributed by atoms with Gasteiger partial charge in [0.25, 0.3) is 0 Å². The van der Waals surface area contributed by atoms with Crippen molar-refractivity contribution in [2.45, 2.75) is 40.2 Å². The van der Waals surface area contributed by atoms with E-state index >= 15 is 0 Å². The van der Waals surface area contributed by atoms with Crippen molar-refractivity contribution in [3.8, 4) is 11.3 Å². The fourth-order valence-electron chi connectivity index (χ4n) is 2.08. The van der Waals surface area contributed by atoms with E-state index in [1.54, 1.807) is 0 Å². The van der Waals surface area contributed by atoms with Crippen molar-refractivity contribution in [2.24, 2.45) is 5.73 Å². The Balaban J connectivity index is 2.59. The SMILES string of the molecule is Cc1ccc(C(C)C)cc1-c1onc(C)c1CN. The molecule has 0 radical (unpaired) electrons. The summed E-state index contributed by atoms with van der Waals surface area (Å²) >= 11 is 0. The number of aryl methyl sites for hydroxylation is 2. The molecule has 0 amide bonds. The second-order valence-corrected chi connectivity index (χ2v) is 5.01. The standard InChI is InChI=1S/C15H20N2O/c1-9(2)12-6-5-10(3)13(7-12)15-14(8-16)11(4)17-18-15/h5-7,9H,8,16H2,1-4H3. The zero-order valence-electron chi connectivity index (χ0n) is 11.4. The van der Waals surface area contributed by atoms with E-state index in [2.05, 4.69) is 44.1 Å². The average Bonchev–Trinajstić information content (AvgIpc) is 2.70. The van der Waals surface area contributed by atoms with Gasteiger partial charge in [0.2, 0.25) is 0 Å². The number of rotatable bonds is 3. The minimum atomic E-state index is 0.454. The summed E-state index contributed by atoms with van der Waals surface area (Å²) in [6.07, 6.45) is 0. The highest BCUT2D eigenvalue weighted by atomic mass is 16.5. The van der Waals surface area contributed by atoms with Gasteiger partial charge in [0.1, 0.15) is 0 Å². The second kappa shape index (κ2) is 4.94. The zero-order chi connectivity index (χ0) is 13.3. The molecule has 2 aromatic rings. The number of hydrogen-bond acceptors (Lipinski definition) is 3. The Labute approximate surface area is 108 Å². The summed E-state index contributed by atoms with van der Waals surface area (Å²) in [5.74, 6) is 1.31. The normalized spacial score (nSPS) is 11.2. The van der Waals surface area contributed by atoms with Gasteiger partial charge in [-0.05, 0) is 37.0 Å². The number of aromatic nitrogens is 1. The van der Waals surface area contributed by atoms with Gasteiger partial charge < -0.3 is 10.3 Å². The third kappa shape index (κ3) is 2.18. The summed E-state index contributed by atoms with van der Waals surface area (Å²) in [4.78, 5) is 0. The van der Waals surface area contributed by atoms with E-state index in [1.807, 2.05) is 6.92 Å². The van der Waals surface area contributed by atoms with Crippen molar-refractivity contribution in [3.05, 3.63) is 40.6 Å². The van der Waals surface area contributed by atoms with Gasteiger partial charge in [-0.3, -0.25) is 0 Å². The lowest BCUT2D eigenvalue weighted by atomic mass is 9.95. The predicted molar refractivity (Wildman–Crippen MR) is 73.4 cm³/mol. The van der Waals surface area contributed by atoms with Crippen LogP contribution in [0.15, 0.2) is 22.7 Å². The van der Waals surface area contributed by atoms with E-state index in [4.69, 9.17) is 10.3 Å². The molecular formula is C15H20N2O. The molecule has 96 valence electrons. The lowest BCUT2D eigenvalue weighted by molar-refractivity contribution is 0.426. The molecule has 0 aliphatic rings. The summed E-state index contributed by atoms with van der Waals surface area (Å²) in [6, 6.07) is 6.47. The minimum Gasteiger partial charge on any atom is -0.356 e. The Morgan fingerprint density at radius 1 is 1.28 bits per heavy atom. The summed E-state index contributed by atoms with van der Waals surface area (Å²) in [5, 5.41) is 4.02. The van der Waals surface area contributed by atoms with Crippen LogP contribution in [0.25, 0.3) is 11.3 Å². The van der Waals surface area contributed by atoms with Crippen LogP contribution in [0.1, 0.15) is 42.1 Å². The number of nitrogens with zero attached hydrogens (tertiary/aromatic N) is 1. The van der Waals surface area contributed by atoms with E-state index < -0.39 is 0 Å². The van der Waals surface area contributed by atoms with E-state index in [1.165, 1.54) is 11.1 Å². The maximum absolute atomic E-state index is 5.78. The highest BCUT2D eigenvalue weighted by Crippen LogP contribution is 2.31. The lowest BCUT2D eigenvalue weighted by Crippen LogP contribution is -1.99. The molecule has 0 fully saturated rings. The monoisotopic (exact) mass is 244 g/mol. The van der Waals surface area contributed by atoms with Crippen LogP contribution in [0, 0.1) is 13.8 Å². The predicted octanol–water partition coefficient (Wildman–Crippen LogP) is 3.54. The van der Waals surface area contributed by atoms with Gasteiger partial charge in [-0.1, -0.05) is 31.1 Å². The molecule has 0 aliphatic carbocycles. The first-order chi connectivity index (χ1) is 8.54. The Kier molecular flexibility index (Phi) is 3.53. The maximum Gasteiger partial charge on any atom is 0.171 e. The second-order valence-electron chi connectivity index (χ2n) is 5.01. The van der Waals surface area contributed by atoms with Crippen LogP contribution in [-0.4, -0.2) is 5.16 Å². The third-order valence-corrected chi connectivity index (χ3v) is 3.36. The van der Waals surface area contributed by atoms with Gasteiger partial charge in [0.15, 0.2) is 5.76 Å². The van der Waals surface area contributed by atoms with E-state index in [0.29, 0.717) is 12.5 Å². The largest absolute Gasteiger partial charge is 0.356 e. The smallest absolute Gasteiger partial charge is 0.171 e. The van der Waals surface area contributed by atoms with Gasteiger partial charge in [0.05, 0.1) is 5.69 Å². The molecule has 0 saturated carbocycles. The van der Waals surface area contributed by atoms with E-state index in [0.717, 1.165) is 22.6 Å². The molecule has 18 heavy (non-hydrogen) atoms. The first kappa shape index (κ1) is 12.8. The third-order valence-electron chi connectivity index (χ3n) is 3.36. The van der Waals surface area contributed by atoms with Crippen LogP contribution in [0.2, 0.25) is 0 Å². The fourth-order valence-corrected chi connectivity index (χ4v) is 2.08. The number of hydrogen-bond donors (Lipinski definition) is 1. The van der Waals surface area contributed by atoms with Gasteiger partial charge in [-0.2, -0.15) is 0 Å². The molecule has 3 nitrogen and oxygen atoms in total. The molecule has 0 unspecified atom stereocenters. The first-order valence-corrected chi connectivity index (χ1v) is 6.30. The Morgan fingerprint density at radius 2 is 2.00 bits per heavy atom. The summed E-state index contributed by atoms with van der Waals surface area (Å²) in [7, 11) is 0. The van der Waals surface area contributed by atoms with Crippen molar-refractivity contribution in [1.29, 1.82) is 0 Å². The zero-order valence-corrected chi connectivity index (χ0v) is 11.4. The molecule has 1 aromatic heterocycles. The Hall–Kier alpha value is -1.61. The molecule has 2 rings (SSSR count). The quantitative estimate of drug-likeness (QED) is 0.898. The molecule has 1 aromatic carbocycles.